The van der Waals surface area contributed by atoms with Crippen molar-refractivity contribution < 1.29 is 4.39 Å². The molecule has 19 heavy (non-hydrogen) atoms. The average Bonchev–Trinajstić information content (AvgIpc) is 2.41. The zero-order chi connectivity index (χ0) is 13.7. The van der Waals surface area contributed by atoms with Gasteiger partial charge in [0.1, 0.15) is 5.82 Å². The van der Waals surface area contributed by atoms with Crippen molar-refractivity contribution in [1.82, 2.24) is 5.32 Å². The highest BCUT2D eigenvalue weighted by Crippen LogP contribution is 2.23. The van der Waals surface area contributed by atoms with Crippen LogP contribution in [0.2, 0.25) is 0 Å². The smallest absolute Gasteiger partial charge is 0.123 e. The van der Waals surface area contributed by atoms with Crippen LogP contribution in [0.5, 0.6) is 0 Å². The number of likely N-dealkylation sites (N-methyl/N-ethyl adjacent to an activating group) is 1. The van der Waals surface area contributed by atoms with E-state index in [9.17, 15) is 4.39 Å². The van der Waals surface area contributed by atoms with E-state index in [1.54, 1.807) is 0 Å². The third kappa shape index (κ3) is 4.01. The molecule has 1 nitrogen and oxygen atoms in total. The van der Waals surface area contributed by atoms with Gasteiger partial charge in [-0.25, -0.2) is 4.39 Å². The van der Waals surface area contributed by atoms with E-state index in [2.05, 4.69) is 53.0 Å². The van der Waals surface area contributed by atoms with Gasteiger partial charge in [0.2, 0.25) is 0 Å². The SMILES string of the molecule is CCNC(Cc1ccc(F)cc1)c1ccccc1I. The highest BCUT2D eigenvalue weighted by Gasteiger charge is 2.13. The fourth-order valence-electron chi connectivity index (χ4n) is 2.15. The van der Waals surface area contributed by atoms with E-state index in [1.807, 2.05) is 18.2 Å². The zero-order valence-corrected chi connectivity index (χ0v) is 13.0. The van der Waals surface area contributed by atoms with E-state index in [-0.39, 0.29) is 11.9 Å². The summed E-state index contributed by atoms with van der Waals surface area (Å²) in [6, 6.07) is 15.4. The first-order valence-corrected chi connectivity index (χ1v) is 7.51. The molecular weight excluding hydrogens is 352 g/mol. The van der Waals surface area contributed by atoms with Gasteiger partial charge in [0.25, 0.3) is 0 Å². The first-order chi connectivity index (χ1) is 9.20. The van der Waals surface area contributed by atoms with Crippen molar-refractivity contribution in [2.24, 2.45) is 0 Å². The minimum atomic E-state index is -0.182. The normalized spacial score (nSPS) is 12.4. The van der Waals surface area contributed by atoms with Crippen LogP contribution >= 0.6 is 22.6 Å². The lowest BCUT2D eigenvalue weighted by Gasteiger charge is -2.20. The molecule has 100 valence electrons. The van der Waals surface area contributed by atoms with Gasteiger partial charge in [-0.05, 0) is 64.9 Å². The lowest BCUT2D eigenvalue weighted by molar-refractivity contribution is 0.546. The highest BCUT2D eigenvalue weighted by atomic mass is 127. The predicted molar refractivity (Wildman–Crippen MR) is 85.7 cm³/mol. The quantitative estimate of drug-likeness (QED) is 0.774. The molecule has 0 fully saturated rings. The molecule has 2 aromatic carbocycles. The third-order valence-corrected chi connectivity index (χ3v) is 4.07. The summed E-state index contributed by atoms with van der Waals surface area (Å²) in [5.74, 6) is -0.182. The Morgan fingerprint density at radius 3 is 2.42 bits per heavy atom. The van der Waals surface area contributed by atoms with Crippen LogP contribution in [0.1, 0.15) is 24.1 Å². The molecule has 0 saturated heterocycles. The monoisotopic (exact) mass is 369 g/mol. The van der Waals surface area contributed by atoms with E-state index in [0.29, 0.717) is 0 Å². The van der Waals surface area contributed by atoms with E-state index < -0.39 is 0 Å². The Morgan fingerprint density at radius 2 is 1.79 bits per heavy atom. The van der Waals surface area contributed by atoms with Crippen LogP contribution in [0.4, 0.5) is 4.39 Å². The Kier molecular flexibility index (Phi) is 5.34. The summed E-state index contributed by atoms with van der Waals surface area (Å²) in [7, 11) is 0. The second-order valence-electron chi connectivity index (χ2n) is 4.46. The van der Waals surface area contributed by atoms with Crippen LogP contribution in [-0.2, 0) is 6.42 Å². The fourth-order valence-corrected chi connectivity index (χ4v) is 2.92. The summed E-state index contributed by atoms with van der Waals surface area (Å²) >= 11 is 2.36. The Labute approximate surface area is 127 Å². The van der Waals surface area contributed by atoms with Crippen molar-refractivity contribution in [3.8, 4) is 0 Å². The lowest BCUT2D eigenvalue weighted by atomic mass is 9.99. The van der Waals surface area contributed by atoms with Crippen LogP contribution in [0.25, 0.3) is 0 Å². The van der Waals surface area contributed by atoms with Gasteiger partial charge in [0.05, 0.1) is 0 Å². The average molecular weight is 369 g/mol. The molecule has 0 saturated carbocycles. The first-order valence-electron chi connectivity index (χ1n) is 6.43. The molecular formula is C16H17FIN. The number of halogens is 2. The standard InChI is InChI=1S/C16H17FIN/c1-2-19-16(14-5-3-4-6-15(14)18)11-12-7-9-13(17)10-8-12/h3-10,16,19H,2,11H2,1H3. The maximum Gasteiger partial charge on any atom is 0.123 e. The van der Waals surface area contributed by atoms with Crippen LogP contribution in [0.15, 0.2) is 48.5 Å². The first kappa shape index (κ1) is 14.5. The molecule has 0 heterocycles. The van der Waals surface area contributed by atoms with E-state index in [1.165, 1.54) is 21.3 Å². The minimum absolute atomic E-state index is 0.182. The molecule has 0 amide bonds. The van der Waals surface area contributed by atoms with Gasteiger partial charge < -0.3 is 5.32 Å². The predicted octanol–water partition coefficient (Wildman–Crippen LogP) is 4.32. The molecule has 0 aliphatic heterocycles. The van der Waals surface area contributed by atoms with Crippen molar-refractivity contribution in [3.63, 3.8) is 0 Å². The van der Waals surface area contributed by atoms with Crippen molar-refractivity contribution in [2.45, 2.75) is 19.4 Å². The third-order valence-electron chi connectivity index (χ3n) is 3.08. The van der Waals surface area contributed by atoms with E-state index in [4.69, 9.17) is 0 Å². The summed E-state index contributed by atoms with van der Waals surface area (Å²) in [5.41, 5.74) is 2.45. The molecule has 0 aliphatic rings. The van der Waals surface area contributed by atoms with Crippen LogP contribution in [0.3, 0.4) is 0 Å². The van der Waals surface area contributed by atoms with Gasteiger partial charge >= 0.3 is 0 Å². The van der Waals surface area contributed by atoms with Crippen molar-refractivity contribution in [2.75, 3.05) is 6.54 Å². The van der Waals surface area contributed by atoms with Crippen molar-refractivity contribution in [1.29, 1.82) is 0 Å². The van der Waals surface area contributed by atoms with E-state index >= 15 is 0 Å². The molecule has 3 heteroatoms. The summed E-state index contributed by atoms with van der Waals surface area (Å²) < 4.78 is 14.2. The second-order valence-corrected chi connectivity index (χ2v) is 5.62. The van der Waals surface area contributed by atoms with Gasteiger partial charge in [-0.2, -0.15) is 0 Å². The van der Waals surface area contributed by atoms with Gasteiger partial charge in [-0.1, -0.05) is 37.3 Å². The summed E-state index contributed by atoms with van der Waals surface area (Å²) in [6.07, 6.45) is 0.869. The Bertz CT molecular complexity index is 525. The number of hydrogen-bond acceptors (Lipinski definition) is 1. The maximum absolute atomic E-state index is 12.9. The number of nitrogens with one attached hydrogen (secondary N) is 1. The topological polar surface area (TPSA) is 12.0 Å². The molecule has 2 aromatic rings. The van der Waals surface area contributed by atoms with Crippen LogP contribution < -0.4 is 5.32 Å². The largest absolute Gasteiger partial charge is 0.310 e. The number of benzene rings is 2. The number of rotatable bonds is 5. The minimum Gasteiger partial charge on any atom is -0.310 e. The van der Waals surface area contributed by atoms with Crippen LogP contribution in [-0.4, -0.2) is 6.54 Å². The molecule has 1 atom stereocenters. The maximum atomic E-state index is 12.9. The molecule has 1 N–H and O–H groups in total. The Balaban J connectivity index is 2.21. The fraction of sp³-hybridized carbons (Fsp3) is 0.250. The molecule has 0 bridgehead atoms. The molecule has 2 rings (SSSR count). The van der Waals surface area contributed by atoms with Gasteiger partial charge in [-0.3, -0.25) is 0 Å². The summed E-state index contributed by atoms with van der Waals surface area (Å²) in [6.45, 7) is 3.02. The van der Waals surface area contributed by atoms with Crippen molar-refractivity contribution >= 4 is 22.6 Å². The Morgan fingerprint density at radius 1 is 1.11 bits per heavy atom. The molecule has 1 unspecified atom stereocenters. The summed E-state index contributed by atoms with van der Waals surface area (Å²) in [5, 5.41) is 3.50. The molecule has 0 spiro atoms. The van der Waals surface area contributed by atoms with E-state index in [0.717, 1.165) is 18.5 Å². The van der Waals surface area contributed by atoms with Crippen molar-refractivity contribution in [3.05, 3.63) is 69.0 Å². The van der Waals surface area contributed by atoms with Gasteiger partial charge in [0.15, 0.2) is 0 Å². The summed E-state index contributed by atoms with van der Waals surface area (Å²) in [4.78, 5) is 0. The molecule has 0 aromatic heterocycles. The molecule has 0 aliphatic carbocycles. The number of hydrogen-bond donors (Lipinski definition) is 1. The lowest BCUT2D eigenvalue weighted by Crippen LogP contribution is -2.23. The zero-order valence-electron chi connectivity index (χ0n) is 10.9. The molecule has 0 radical (unpaired) electrons. The van der Waals surface area contributed by atoms with Crippen LogP contribution in [0, 0.1) is 9.39 Å². The van der Waals surface area contributed by atoms with Gasteiger partial charge in [-0.15, -0.1) is 0 Å². The second kappa shape index (κ2) is 7.01. The Hall–Kier alpha value is -0.940. The van der Waals surface area contributed by atoms with Gasteiger partial charge in [0, 0.05) is 9.61 Å². The highest BCUT2D eigenvalue weighted by molar-refractivity contribution is 14.1.